The molecule has 0 spiro atoms. The van der Waals surface area contributed by atoms with Crippen LogP contribution in [-0.2, 0) is 28.7 Å². The van der Waals surface area contributed by atoms with Crippen molar-refractivity contribution in [2.45, 2.75) is 38.7 Å². The summed E-state index contributed by atoms with van der Waals surface area (Å²) in [6, 6.07) is 10.00. The van der Waals surface area contributed by atoms with Crippen molar-refractivity contribution in [3.63, 3.8) is 0 Å². The summed E-state index contributed by atoms with van der Waals surface area (Å²) in [5.41, 5.74) is 4.09. The highest BCUT2D eigenvalue weighted by atomic mass is 32.2. The molecule has 6 nitrogen and oxygen atoms in total. The molecule has 0 N–H and O–H groups in total. The molecule has 0 radical (unpaired) electrons. The molecule has 0 aliphatic rings. The largest absolute Gasteiger partial charge is 0.339 e. The average molecular weight is 344 g/mol. The summed E-state index contributed by atoms with van der Waals surface area (Å²) >= 11 is 0. The van der Waals surface area contributed by atoms with Gasteiger partial charge in [0.15, 0.2) is 5.82 Å². The number of aryl methyl sites for hydroxylation is 3. The second-order valence-corrected chi connectivity index (χ2v) is 7.15. The summed E-state index contributed by atoms with van der Waals surface area (Å²) in [7, 11) is -1.07. The van der Waals surface area contributed by atoms with E-state index in [1.54, 1.807) is 0 Å². The van der Waals surface area contributed by atoms with E-state index < -0.39 is 10.8 Å². The summed E-state index contributed by atoms with van der Waals surface area (Å²) in [6.45, 7) is 5.94. The van der Waals surface area contributed by atoms with E-state index in [4.69, 9.17) is 4.52 Å². The maximum atomic E-state index is 12.3. The molecule has 1 atom stereocenters. The van der Waals surface area contributed by atoms with Gasteiger partial charge in [-0.15, -0.1) is 0 Å². The Hall–Kier alpha value is -2.28. The van der Waals surface area contributed by atoms with Gasteiger partial charge in [-0.1, -0.05) is 24.2 Å². The minimum atomic E-state index is -1.07. The zero-order valence-corrected chi connectivity index (χ0v) is 14.8. The standard InChI is InChI=1S/C17H20N4O2S/c1-4-17-18-16(20-23-17)11-24(22)10-14-5-7-15(8-6-14)21-13(3)9-12(2)19-21/h5-9H,4,10-11H2,1-3H3/t24-/m0/s1. The minimum absolute atomic E-state index is 0.308. The first kappa shape index (κ1) is 16.6. The lowest BCUT2D eigenvalue weighted by Gasteiger charge is -2.06. The van der Waals surface area contributed by atoms with Crippen LogP contribution in [0.4, 0.5) is 0 Å². The molecule has 2 heterocycles. The Kier molecular flexibility index (Phi) is 4.89. The first-order valence-corrected chi connectivity index (χ1v) is 9.33. The van der Waals surface area contributed by atoms with Gasteiger partial charge in [-0.05, 0) is 37.6 Å². The van der Waals surface area contributed by atoms with Crippen LogP contribution in [0.5, 0.6) is 0 Å². The van der Waals surface area contributed by atoms with Crippen LogP contribution in [0.15, 0.2) is 34.9 Å². The maximum Gasteiger partial charge on any atom is 0.226 e. The van der Waals surface area contributed by atoms with E-state index in [2.05, 4.69) is 15.2 Å². The Bertz CT molecular complexity index is 852. The topological polar surface area (TPSA) is 73.8 Å². The zero-order chi connectivity index (χ0) is 17.1. The van der Waals surface area contributed by atoms with Crippen molar-refractivity contribution in [1.29, 1.82) is 0 Å². The monoisotopic (exact) mass is 344 g/mol. The lowest BCUT2D eigenvalue weighted by Crippen LogP contribution is -2.02. The van der Waals surface area contributed by atoms with Gasteiger partial charge in [0.1, 0.15) is 0 Å². The normalized spacial score (nSPS) is 12.5. The summed E-state index contributed by atoms with van der Waals surface area (Å²) < 4.78 is 19.2. The van der Waals surface area contributed by atoms with Crippen LogP contribution in [0.3, 0.4) is 0 Å². The van der Waals surface area contributed by atoms with Crippen LogP contribution in [0, 0.1) is 13.8 Å². The van der Waals surface area contributed by atoms with Gasteiger partial charge in [0.05, 0.1) is 17.1 Å². The minimum Gasteiger partial charge on any atom is -0.339 e. The summed E-state index contributed by atoms with van der Waals surface area (Å²) in [5, 5.41) is 8.31. The Morgan fingerprint density at radius 3 is 2.50 bits per heavy atom. The smallest absolute Gasteiger partial charge is 0.226 e. The molecular weight excluding hydrogens is 324 g/mol. The van der Waals surface area contributed by atoms with Crippen LogP contribution in [0.25, 0.3) is 5.69 Å². The van der Waals surface area contributed by atoms with Crippen molar-refractivity contribution in [1.82, 2.24) is 19.9 Å². The van der Waals surface area contributed by atoms with Crippen molar-refractivity contribution < 1.29 is 8.73 Å². The highest BCUT2D eigenvalue weighted by Gasteiger charge is 2.10. The Morgan fingerprint density at radius 2 is 1.92 bits per heavy atom. The lowest BCUT2D eigenvalue weighted by molar-refractivity contribution is 0.378. The maximum absolute atomic E-state index is 12.3. The molecule has 7 heteroatoms. The molecule has 0 unspecified atom stereocenters. The van der Waals surface area contributed by atoms with E-state index in [1.165, 1.54) is 0 Å². The number of rotatable bonds is 6. The SMILES string of the molecule is CCc1nc(C[S@@](=O)Cc2ccc(-n3nc(C)cc3C)cc2)no1. The molecule has 3 rings (SSSR count). The second-order valence-electron chi connectivity index (χ2n) is 5.69. The lowest BCUT2D eigenvalue weighted by atomic mass is 10.2. The fourth-order valence-electron chi connectivity index (χ4n) is 2.50. The van der Waals surface area contributed by atoms with Crippen molar-refractivity contribution >= 4 is 10.8 Å². The molecule has 0 saturated heterocycles. The molecule has 0 aliphatic heterocycles. The van der Waals surface area contributed by atoms with Crippen LogP contribution in [0.1, 0.15) is 35.6 Å². The van der Waals surface area contributed by atoms with Gasteiger partial charge >= 0.3 is 0 Å². The number of benzene rings is 1. The van der Waals surface area contributed by atoms with Crippen molar-refractivity contribution in [3.8, 4) is 5.69 Å². The van der Waals surface area contributed by atoms with E-state index in [0.717, 1.165) is 22.6 Å². The summed E-state index contributed by atoms with van der Waals surface area (Å²) in [5.74, 6) is 1.86. The van der Waals surface area contributed by atoms with Gasteiger partial charge in [0, 0.05) is 28.7 Å². The van der Waals surface area contributed by atoms with E-state index in [1.807, 2.05) is 55.8 Å². The molecule has 24 heavy (non-hydrogen) atoms. The highest BCUT2D eigenvalue weighted by Crippen LogP contribution is 2.15. The molecule has 3 aromatic rings. The van der Waals surface area contributed by atoms with Gasteiger partial charge in [0.25, 0.3) is 0 Å². The van der Waals surface area contributed by atoms with Gasteiger partial charge < -0.3 is 4.52 Å². The third-order valence-electron chi connectivity index (χ3n) is 3.62. The van der Waals surface area contributed by atoms with Crippen LogP contribution < -0.4 is 0 Å². The average Bonchev–Trinajstić information content (AvgIpc) is 3.14. The summed E-state index contributed by atoms with van der Waals surface area (Å²) in [4.78, 5) is 4.19. The molecule has 126 valence electrons. The van der Waals surface area contributed by atoms with E-state index in [9.17, 15) is 4.21 Å². The Labute approximate surface area is 143 Å². The van der Waals surface area contributed by atoms with Crippen molar-refractivity contribution in [2.75, 3.05) is 0 Å². The summed E-state index contributed by atoms with van der Waals surface area (Å²) in [6.07, 6.45) is 0.688. The zero-order valence-electron chi connectivity index (χ0n) is 14.0. The predicted molar refractivity (Wildman–Crippen MR) is 92.3 cm³/mol. The second kappa shape index (κ2) is 7.09. The first-order valence-electron chi connectivity index (χ1n) is 7.84. The molecule has 0 saturated carbocycles. The van der Waals surface area contributed by atoms with Gasteiger partial charge in [-0.3, -0.25) is 4.21 Å². The Balaban J connectivity index is 1.65. The third-order valence-corrected chi connectivity index (χ3v) is 4.86. The van der Waals surface area contributed by atoms with Crippen LogP contribution in [0.2, 0.25) is 0 Å². The van der Waals surface area contributed by atoms with Crippen molar-refractivity contribution in [3.05, 3.63) is 59.0 Å². The molecular formula is C17H20N4O2S. The molecule has 0 aliphatic carbocycles. The van der Waals surface area contributed by atoms with Crippen LogP contribution >= 0.6 is 0 Å². The first-order chi connectivity index (χ1) is 11.5. The van der Waals surface area contributed by atoms with Crippen molar-refractivity contribution in [2.24, 2.45) is 0 Å². The van der Waals surface area contributed by atoms with Gasteiger partial charge in [0.2, 0.25) is 5.89 Å². The molecule has 2 aromatic heterocycles. The Morgan fingerprint density at radius 1 is 1.17 bits per heavy atom. The number of nitrogens with zero attached hydrogens (tertiary/aromatic N) is 4. The molecule has 1 aromatic carbocycles. The van der Waals surface area contributed by atoms with Gasteiger partial charge in [-0.2, -0.15) is 10.1 Å². The molecule has 0 amide bonds. The third kappa shape index (κ3) is 3.79. The number of hydrogen-bond acceptors (Lipinski definition) is 5. The fraction of sp³-hybridized carbons (Fsp3) is 0.353. The highest BCUT2D eigenvalue weighted by molar-refractivity contribution is 7.83. The van der Waals surface area contributed by atoms with E-state index >= 15 is 0 Å². The molecule has 0 fully saturated rings. The number of hydrogen-bond donors (Lipinski definition) is 0. The fourth-order valence-corrected chi connectivity index (χ4v) is 3.57. The predicted octanol–water partition coefficient (Wildman–Crippen LogP) is 2.88. The quantitative estimate of drug-likeness (QED) is 0.687. The van der Waals surface area contributed by atoms with Crippen LogP contribution in [-0.4, -0.2) is 24.1 Å². The van der Waals surface area contributed by atoms with Gasteiger partial charge in [-0.25, -0.2) is 4.68 Å². The molecule has 0 bridgehead atoms. The van der Waals surface area contributed by atoms with E-state index in [-0.39, 0.29) is 0 Å². The van der Waals surface area contributed by atoms with E-state index in [0.29, 0.717) is 29.6 Å². The number of aromatic nitrogens is 4.